The van der Waals surface area contributed by atoms with Crippen molar-refractivity contribution in [3.05, 3.63) is 28.3 Å². The van der Waals surface area contributed by atoms with Gasteiger partial charge in [-0.3, -0.25) is 10.1 Å². The molecule has 1 N–H and O–H groups in total. The van der Waals surface area contributed by atoms with Gasteiger partial charge >= 0.3 is 5.69 Å². The summed E-state index contributed by atoms with van der Waals surface area (Å²) in [5.41, 5.74) is 0.960. The zero-order valence-corrected chi connectivity index (χ0v) is 12.7. The number of hydrogen-bond acceptors (Lipinski definition) is 6. The molecule has 21 heavy (non-hydrogen) atoms. The largest absolute Gasteiger partial charge is 0.380 e. The highest BCUT2D eigenvalue weighted by Gasteiger charge is 2.26. The van der Waals surface area contributed by atoms with Gasteiger partial charge in [0.05, 0.1) is 16.4 Å². The van der Waals surface area contributed by atoms with E-state index < -0.39 is 14.8 Å². The number of para-hydroxylation sites is 1. The molecule has 1 aliphatic rings. The molecule has 0 radical (unpaired) electrons. The fraction of sp³-hybridized carbons (Fsp3) is 0.538. The van der Waals surface area contributed by atoms with Crippen molar-refractivity contribution in [1.29, 1.82) is 0 Å². The van der Waals surface area contributed by atoms with E-state index in [1.54, 1.807) is 23.1 Å². The molecule has 1 aromatic carbocycles. The van der Waals surface area contributed by atoms with Crippen LogP contribution in [0.15, 0.2) is 18.2 Å². The van der Waals surface area contributed by atoms with Gasteiger partial charge in [-0.25, -0.2) is 8.42 Å². The molecule has 116 valence electrons. The van der Waals surface area contributed by atoms with Gasteiger partial charge in [0.25, 0.3) is 0 Å². The SMILES string of the molecule is CCNc1cccc(N2CCCS(=O)(=O)CC2)c1[N+](=O)[O-]. The first-order valence-electron chi connectivity index (χ1n) is 6.91. The fourth-order valence-corrected chi connectivity index (χ4v) is 3.76. The molecule has 0 aromatic heterocycles. The second-order valence-corrected chi connectivity index (χ2v) is 7.26. The Morgan fingerprint density at radius 1 is 1.33 bits per heavy atom. The molecule has 0 unspecified atom stereocenters. The number of rotatable bonds is 4. The number of nitro groups is 1. The normalized spacial score (nSPS) is 18.0. The molecule has 1 heterocycles. The third-order valence-electron chi connectivity index (χ3n) is 3.46. The van der Waals surface area contributed by atoms with E-state index in [0.717, 1.165) is 0 Å². The predicted octanol–water partition coefficient (Wildman–Crippen LogP) is 1.65. The monoisotopic (exact) mass is 313 g/mol. The van der Waals surface area contributed by atoms with Crippen molar-refractivity contribution >= 4 is 26.9 Å². The third kappa shape index (κ3) is 3.63. The Labute approximate surface area is 124 Å². The lowest BCUT2D eigenvalue weighted by atomic mass is 10.2. The maximum Gasteiger partial charge on any atom is 0.315 e. The van der Waals surface area contributed by atoms with Crippen LogP contribution < -0.4 is 10.2 Å². The first-order valence-corrected chi connectivity index (χ1v) is 8.73. The quantitative estimate of drug-likeness (QED) is 0.671. The molecule has 1 aromatic rings. The van der Waals surface area contributed by atoms with Crippen LogP contribution in [0.3, 0.4) is 0 Å². The highest BCUT2D eigenvalue weighted by molar-refractivity contribution is 7.91. The molecule has 8 heteroatoms. The van der Waals surface area contributed by atoms with Gasteiger partial charge < -0.3 is 10.2 Å². The Hall–Kier alpha value is -1.83. The minimum Gasteiger partial charge on any atom is -0.380 e. The van der Waals surface area contributed by atoms with Crippen LogP contribution in [0.25, 0.3) is 0 Å². The topological polar surface area (TPSA) is 92.6 Å². The van der Waals surface area contributed by atoms with Crippen LogP contribution >= 0.6 is 0 Å². The van der Waals surface area contributed by atoms with Crippen molar-refractivity contribution in [2.45, 2.75) is 13.3 Å². The van der Waals surface area contributed by atoms with E-state index in [-0.39, 0.29) is 17.2 Å². The maximum absolute atomic E-state index is 11.7. The summed E-state index contributed by atoms with van der Waals surface area (Å²) in [5, 5.41) is 14.4. The van der Waals surface area contributed by atoms with E-state index in [1.165, 1.54) is 0 Å². The molecule has 1 aliphatic heterocycles. The summed E-state index contributed by atoms with van der Waals surface area (Å²) >= 11 is 0. The van der Waals surface area contributed by atoms with Gasteiger partial charge in [0, 0.05) is 19.6 Å². The molecule has 1 saturated heterocycles. The van der Waals surface area contributed by atoms with Gasteiger partial charge in [-0.05, 0) is 25.5 Å². The maximum atomic E-state index is 11.7. The summed E-state index contributed by atoms with van der Waals surface area (Å²) in [6.07, 6.45) is 0.491. The summed E-state index contributed by atoms with van der Waals surface area (Å²) in [5.74, 6) is 0.180. The number of sulfone groups is 1. The first-order chi connectivity index (χ1) is 9.94. The highest BCUT2D eigenvalue weighted by atomic mass is 32.2. The molecule has 2 rings (SSSR count). The van der Waals surface area contributed by atoms with E-state index in [9.17, 15) is 18.5 Å². The molecule has 7 nitrogen and oxygen atoms in total. The molecule has 0 bridgehead atoms. The van der Waals surface area contributed by atoms with Crippen molar-refractivity contribution in [3.8, 4) is 0 Å². The molecule has 0 amide bonds. The smallest absolute Gasteiger partial charge is 0.315 e. The Morgan fingerprint density at radius 2 is 2.10 bits per heavy atom. The standard InChI is InChI=1S/C13H19N3O4S/c1-2-14-11-5-3-6-12(13(11)16(17)18)15-7-4-9-21(19,20)10-8-15/h3,5-6,14H,2,4,7-10H2,1H3. The van der Waals surface area contributed by atoms with Gasteiger partial charge in [0.1, 0.15) is 11.4 Å². The zero-order valence-electron chi connectivity index (χ0n) is 11.9. The van der Waals surface area contributed by atoms with E-state index >= 15 is 0 Å². The van der Waals surface area contributed by atoms with Crippen LogP contribution in [0.4, 0.5) is 17.1 Å². The van der Waals surface area contributed by atoms with Crippen LogP contribution in [0.5, 0.6) is 0 Å². The van der Waals surface area contributed by atoms with Gasteiger partial charge in [0.2, 0.25) is 0 Å². The average molecular weight is 313 g/mol. The molecule has 0 saturated carbocycles. The summed E-state index contributed by atoms with van der Waals surface area (Å²) in [6.45, 7) is 3.25. The van der Waals surface area contributed by atoms with Crippen molar-refractivity contribution in [1.82, 2.24) is 0 Å². The Balaban J connectivity index is 2.38. The number of nitro benzene ring substituents is 1. The van der Waals surface area contributed by atoms with Crippen molar-refractivity contribution in [2.75, 3.05) is 41.4 Å². The molecule has 0 aliphatic carbocycles. The van der Waals surface area contributed by atoms with Crippen molar-refractivity contribution in [3.63, 3.8) is 0 Å². The van der Waals surface area contributed by atoms with Gasteiger partial charge in [-0.1, -0.05) is 6.07 Å². The minimum absolute atomic E-state index is 0.0126. The number of nitrogens with zero attached hydrogens (tertiary/aromatic N) is 2. The lowest BCUT2D eigenvalue weighted by molar-refractivity contribution is -0.383. The van der Waals surface area contributed by atoms with Crippen LogP contribution in [-0.4, -0.2) is 44.5 Å². The summed E-state index contributed by atoms with van der Waals surface area (Å²) in [7, 11) is -3.04. The van der Waals surface area contributed by atoms with Crippen LogP contribution in [0, 0.1) is 10.1 Å². The lowest BCUT2D eigenvalue weighted by Gasteiger charge is -2.22. The van der Waals surface area contributed by atoms with Gasteiger partial charge in [0.15, 0.2) is 9.84 Å². The lowest BCUT2D eigenvalue weighted by Crippen LogP contribution is -2.27. The van der Waals surface area contributed by atoms with Gasteiger partial charge in [-0.15, -0.1) is 0 Å². The van der Waals surface area contributed by atoms with Crippen LogP contribution in [-0.2, 0) is 9.84 Å². The average Bonchev–Trinajstić information content (AvgIpc) is 2.59. The van der Waals surface area contributed by atoms with E-state index in [0.29, 0.717) is 37.4 Å². The molecular weight excluding hydrogens is 294 g/mol. The Kier molecular flexibility index (Phi) is 4.66. The fourth-order valence-electron chi connectivity index (χ4n) is 2.49. The van der Waals surface area contributed by atoms with Crippen molar-refractivity contribution in [2.24, 2.45) is 0 Å². The summed E-state index contributed by atoms with van der Waals surface area (Å²) in [6, 6.07) is 5.09. The molecular formula is C13H19N3O4S. The first kappa shape index (κ1) is 15.6. The number of hydrogen-bond donors (Lipinski definition) is 1. The van der Waals surface area contributed by atoms with Crippen LogP contribution in [0.2, 0.25) is 0 Å². The zero-order chi connectivity index (χ0) is 15.5. The number of anilines is 2. The minimum atomic E-state index is -3.04. The number of benzene rings is 1. The van der Waals surface area contributed by atoms with Crippen molar-refractivity contribution < 1.29 is 13.3 Å². The second-order valence-electron chi connectivity index (χ2n) is 4.95. The molecule has 0 spiro atoms. The highest BCUT2D eigenvalue weighted by Crippen LogP contribution is 2.35. The predicted molar refractivity (Wildman–Crippen MR) is 82.7 cm³/mol. The second kappa shape index (κ2) is 6.30. The third-order valence-corrected chi connectivity index (χ3v) is 5.18. The molecule has 0 atom stereocenters. The Morgan fingerprint density at radius 3 is 2.76 bits per heavy atom. The van der Waals surface area contributed by atoms with Crippen LogP contribution in [0.1, 0.15) is 13.3 Å². The van der Waals surface area contributed by atoms with E-state index in [2.05, 4.69) is 5.32 Å². The van der Waals surface area contributed by atoms with E-state index in [4.69, 9.17) is 0 Å². The number of nitrogens with one attached hydrogen (secondary N) is 1. The summed E-state index contributed by atoms with van der Waals surface area (Å²) < 4.78 is 23.3. The van der Waals surface area contributed by atoms with E-state index in [1.807, 2.05) is 6.92 Å². The summed E-state index contributed by atoms with van der Waals surface area (Å²) in [4.78, 5) is 12.8. The van der Waals surface area contributed by atoms with Gasteiger partial charge in [-0.2, -0.15) is 0 Å². The Bertz CT molecular complexity index is 630. The molecule has 1 fully saturated rings.